The van der Waals surface area contributed by atoms with Crippen LogP contribution in [0.15, 0.2) is 194 Å². The Hall–Kier alpha value is -7.08. The predicted molar refractivity (Wildman–Crippen MR) is 229 cm³/mol. The SMILES string of the molecule is c1ccc(-c2nc(-c3ccccc3)nc(-c3cc(-c4ccc(-c5cccc6c5sc5ccccc56)cc4)cc(-c4cccc(-c5ccccn5)c4)c3)n2)cc1. The highest BCUT2D eigenvalue weighted by Crippen LogP contribution is 2.41. The molecule has 0 bridgehead atoms. The summed E-state index contributed by atoms with van der Waals surface area (Å²) in [6, 6.07) is 65.7. The molecule has 0 atom stereocenters. The number of thiophene rings is 1. The Morgan fingerprint density at radius 3 is 1.56 bits per heavy atom. The molecule has 0 spiro atoms. The first kappa shape index (κ1) is 32.6. The fraction of sp³-hybridized carbons (Fsp3) is 0. The molecular weight excluding hydrogens is 689 g/mol. The summed E-state index contributed by atoms with van der Waals surface area (Å²) in [7, 11) is 0. The molecule has 0 N–H and O–H groups in total. The van der Waals surface area contributed by atoms with Crippen molar-refractivity contribution >= 4 is 31.5 Å². The van der Waals surface area contributed by atoms with Crippen molar-refractivity contribution < 1.29 is 0 Å². The number of benzene rings is 7. The monoisotopic (exact) mass is 720 g/mol. The lowest BCUT2D eigenvalue weighted by Crippen LogP contribution is -2.00. The lowest BCUT2D eigenvalue weighted by atomic mass is 9.93. The molecule has 0 amide bonds. The molecule has 5 heteroatoms. The number of rotatable bonds is 7. The van der Waals surface area contributed by atoms with E-state index in [0.717, 1.165) is 50.2 Å². The molecule has 7 aromatic carbocycles. The molecule has 0 saturated heterocycles. The van der Waals surface area contributed by atoms with Crippen LogP contribution < -0.4 is 0 Å². The molecule has 258 valence electrons. The first-order valence-electron chi connectivity index (χ1n) is 18.3. The summed E-state index contributed by atoms with van der Waals surface area (Å²) in [5.41, 5.74) is 11.5. The van der Waals surface area contributed by atoms with E-state index in [9.17, 15) is 0 Å². The third-order valence-electron chi connectivity index (χ3n) is 9.98. The number of hydrogen-bond donors (Lipinski definition) is 0. The van der Waals surface area contributed by atoms with Gasteiger partial charge in [-0.15, -0.1) is 11.3 Å². The maximum absolute atomic E-state index is 5.10. The summed E-state index contributed by atoms with van der Waals surface area (Å²) in [6.45, 7) is 0. The van der Waals surface area contributed by atoms with E-state index >= 15 is 0 Å². The smallest absolute Gasteiger partial charge is 0.164 e. The second-order valence-electron chi connectivity index (χ2n) is 13.5. The van der Waals surface area contributed by atoms with Crippen LogP contribution in [0, 0.1) is 0 Å². The molecule has 0 aliphatic carbocycles. The molecule has 0 unspecified atom stereocenters. The highest BCUT2D eigenvalue weighted by molar-refractivity contribution is 7.26. The van der Waals surface area contributed by atoms with E-state index in [2.05, 4.69) is 114 Å². The normalized spacial score (nSPS) is 11.3. The summed E-state index contributed by atoms with van der Waals surface area (Å²) in [5.74, 6) is 1.88. The minimum Gasteiger partial charge on any atom is -0.256 e. The molecule has 10 rings (SSSR count). The van der Waals surface area contributed by atoms with Gasteiger partial charge in [0.25, 0.3) is 0 Å². The van der Waals surface area contributed by atoms with Crippen molar-refractivity contribution in [1.29, 1.82) is 0 Å². The van der Waals surface area contributed by atoms with Gasteiger partial charge in [-0.05, 0) is 75.8 Å². The maximum Gasteiger partial charge on any atom is 0.164 e. The molecule has 0 fully saturated rings. The third-order valence-corrected chi connectivity index (χ3v) is 11.2. The van der Waals surface area contributed by atoms with Crippen molar-refractivity contribution in [3.63, 3.8) is 0 Å². The van der Waals surface area contributed by atoms with Crippen molar-refractivity contribution in [1.82, 2.24) is 19.9 Å². The number of aromatic nitrogens is 4. The molecule has 3 aromatic heterocycles. The number of pyridine rings is 1. The molecule has 55 heavy (non-hydrogen) atoms. The van der Waals surface area contributed by atoms with Gasteiger partial charge < -0.3 is 0 Å². The Balaban J connectivity index is 1.13. The Labute approximate surface area is 323 Å². The molecular formula is C50H32N4S. The van der Waals surface area contributed by atoms with Gasteiger partial charge in [-0.2, -0.15) is 0 Å². The number of fused-ring (bicyclic) bond motifs is 3. The van der Waals surface area contributed by atoms with Gasteiger partial charge in [-0.1, -0.05) is 146 Å². The van der Waals surface area contributed by atoms with Crippen molar-refractivity contribution in [2.45, 2.75) is 0 Å². The summed E-state index contributed by atoms with van der Waals surface area (Å²) < 4.78 is 2.62. The lowest BCUT2D eigenvalue weighted by molar-refractivity contribution is 1.07. The van der Waals surface area contributed by atoms with Crippen molar-refractivity contribution in [3.8, 4) is 78.8 Å². The molecule has 3 heterocycles. The minimum atomic E-state index is 0.616. The van der Waals surface area contributed by atoms with Gasteiger partial charge in [0.15, 0.2) is 17.5 Å². The van der Waals surface area contributed by atoms with Crippen LogP contribution in [0.2, 0.25) is 0 Å². The van der Waals surface area contributed by atoms with Crippen LogP contribution in [0.5, 0.6) is 0 Å². The topological polar surface area (TPSA) is 51.6 Å². The molecule has 0 radical (unpaired) electrons. The number of hydrogen-bond acceptors (Lipinski definition) is 5. The van der Waals surface area contributed by atoms with Gasteiger partial charge in [0.1, 0.15) is 0 Å². The van der Waals surface area contributed by atoms with Crippen LogP contribution in [0.1, 0.15) is 0 Å². The average molecular weight is 721 g/mol. The van der Waals surface area contributed by atoms with Crippen LogP contribution in [0.4, 0.5) is 0 Å². The van der Waals surface area contributed by atoms with E-state index in [0.29, 0.717) is 17.5 Å². The van der Waals surface area contributed by atoms with Crippen LogP contribution in [0.3, 0.4) is 0 Å². The van der Waals surface area contributed by atoms with E-state index in [1.807, 2.05) is 96.4 Å². The zero-order valence-electron chi connectivity index (χ0n) is 29.7. The molecule has 0 saturated carbocycles. The quantitative estimate of drug-likeness (QED) is 0.164. The van der Waals surface area contributed by atoms with Crippen LogP contribution in [0.25, 0.3) is 99.0 Å². The van der Waals surface area contributed by atoms with Crippen LogP contribution in [-0.2, 0) is 0 Å². The van der Waals surface area contributed by atoms with Crippen LogP contribution in [-0.4, -0.2) is 19.9 Å². The summed E-state index contributed by atoms with van der Waals surface area (Å²) in [4.78, 5) is 19.8. The second kappa shape index (κ2) is 14.0. The summed E-state index contributed by atoms with van der Waals surface area (Å²) >= 11 is 1.86. The number of nitrogens with zero attached hydrogens (tertiary/aromatic N) is 4. The standard InChI is InChI=1S/C50H32N4S/c1-3-13-35(14-4-1)48-52-49(36-15-5-2-6-16-36)54-50(53-48)41-31-39(30-40(32-41)37-17-11-18-38(29-37)45-22-9-10-28-51-45)33-24-26-34(27-25-33)42-20-12-21-44-43-19-7-8-23-46(43)55-47(42)44/h1-32H. The summed E-state index contributed by atoms with van der Waals surface area (Å²) in [5, 5.41) is 2.61. The fourth-order valence-electron chi connectivity index (χ4n) is 7.24. The van der Waals surface area contributed by atoms with Crippen molar-refractivity contribution in [2.24, 2.45) is 0 Å². The third kappa shape index (κ3) is 6.37. The summed E-state index contributed by atoms with van der Waals surface area (Å²) in [6.07, 6.45) is 1.83. The van der Waals surface area contributed by atoms with E-state index in [-0.39, 0.29) is 0 Å². The van der Waals surface area contributed by atoms with Gasteiger partial charge in [0.2, 0.25) is 0 Å². The fourth-order valence-corrected chi connectivity index (χ4v) is 8.47. The van der Waals surface area contributed by atoms with Gasteiger partial charge in [0.05, 0.1) is 5.69 Å². The molecule has 0 aliphatic rings. The molecule has 10 aromatic rings. The lowest BCUT2D eigenvalue weighted by Gasteiger charge is -2.13. The Morgan fingerprint density at radius 1 is 0.327 bits per heavy atom. The zero-order valence-corrected chi connectivity index (χ0v) is 30.5. The first-order valence-corrected chi connectivity index (χ1v) is 19.1. The van der Waals surface area contributed by atoms with Gasteiger partial charge in [0, 0.05) is 48.6 Å². The van der Waals surface area contributed by atoms with Crippen LogP contribution >= 0.6 is 11.3 Å². The Kier molecular flexibility index (Phi) is 8.32. The van der Waals surface area contributed by atoms with Crippen molar-refractivity contribution in [2.75, 3.05) is 0 Å². The minimum absolute atomic E-state index is 0.616. The van der Waals surface area contributed by atoms with E-state index < -0.39 is 0 Å². The van der Waals surface area contributed by atoms with E-state index in [1.54, 1.807) is 0 Å². The molecule has 0 aliphatic heterocycles. The first-order chi connectivity index (χ1) is 27.2. The highest BCUT2D eigenvalue weighted by atomic mass is 32.1. The van der Waals surface area contributed by atoms with Gasteiger partial charge in [-0.3, -0.25) is 4.98 Å². The Bertz CT molecular complexity index is 2900. The molecule has 4 nitrogen and oxygen atoms in total. The van der Waals surface area contributed by atoms with Crippen molar-refractivity contribution in [3.05, 3.63) is 194 Å². The Morgan fingerprint density at radius 2 is 0.855 bits per heavy atom. The van der Waals surface area contributed by atoms with Gasteiger partial charge in [-0.25, -0.2) is 15.0 Å². The average Bonchev–Trinajstić information content (AvgIpc) is 3.66. The van der Waals surface area contributed by atoms with E-state index in [4.69, 9.17) is 15.0 Å². The predicted octanol–water partition coefficient (Wildman–Crippen LogP) is 13.3. The maximum atomic E-state index is 5.10. The largest absolute Gasteiger partial charge is 0.256 e. The van der Waals surface area contributed by atoms with E-state index in [1.165, 1.54) is 31.3 Å². The zero-order chi connectivity index (χ0) is 36.6. The highest BCUT2D eigenvalue weighted by Gasteiger charge is 2.16. The van der Waals surface area contributed by atoms with Gasteiger partial charge >= 0.3 is 0 Å². The second-order valence-corrected chi connectivity index (χ2v) is 14.5.